The second-order valence-corrected chi connectivity index (χ2v) is 3.18. The SMILES string of the molecule is NCCC(F)c1c(F)ccc(F)c1Cl. The lowest BCUT2D eigenvalue weighted by atomic mass is 10.1. The molecule has 1 atom stereocenters. The number of hydrogen-bond donors (Lipinski definition) is 1. The number of benzene rings is 1. The summed E-state index contributed by atoms with van der Waals surface area (Å²) in [7, 11) is 0. The van der Waals surface area contributed by atoms with Crippen molar-refractivity contribution in [2.75, 3.05) is 6.54 Å². The van der Waals surface area contributed by atoms with E-state index in [1.807, 2.05) is 0 Å². The summed E-state index contributed by atoms with van der Waals surface area (Å²) in [4.78, 5) is 0. The van der Waals surface area contributed by atoms with Gasteiger partial charge in [-0.25, -0.2) is 13.2 Å². The second-order valence-electron chi connectivity index (χ2n) is 2.80. The van der Waals surface area contributed by atoms with Crippen molar-refractivity contribution in [3.8, 4) is 0 Å². The molecule has 0 saturated heterocycles. The highest BCUT2D eigenvalue weighted by molar-refractivity contribution is 6.31. The summed E-state index contributed by atoms with van der Waals surface area (Å²) >= 11 is 5.43. The Kier molecular flexibility index (Phi) is 3.77. The van der Waals surface area contributed by atoms with Gasteiger partial charge in [-0.05, 0) is 25.1 Å². The fourth-order valence-electron chi connectivity index (χ4n) is 1.12. The fourth-order valence-corrected chi connectivity index (χ4v) is 1.39. The van der Waals surface area contributed by atoms with Crippen molar-refractivity contribution < 1.29 is 13.2 Å². The molecule has 14 heavy (non-hydrogen) atoms. The van der Waals surface area contributed by atoms with Gasteiger partial charge in [-0.15, -0.1) is 0 Å². The summed E-state index contributed by atoms with van der Waals surface area (Å²) in [5, 5.41) is -0.508. The summed E-state index contributed by atoms with van der Waals surface area (Å²) in [6.07, 6.45) is -1.75. The number of hydrogen-bond acceptors (Lipinski definition) is 1. The molecular formula is C9H9ClF3N. The Morgan fingerprint density at radius 3 is 2.43 bits per heavy atom. The highest BCUT2D eigenvalue weighted by Crippen LogP contribution is 2.32. The molecule has 2 N–H and O–H groups in total. The van der Waals surface area contributed by atoms with Crippen molar-refractivity contribution in [2.24, 2.45) is 5.73 Å². The van der Waals surface area contributed by atoms with Crippen LogP contribution in [0.2, 0.25) is 5.02 Å². The van der Waals surface area contributed by atoms with E-state index in [1.165, 1.54) is 0 Å². The number of nitrogens with two attached hydrogens (primary N) is 1. The smallest absolute Gasteiger partial charge is 0.142 e. The summed E-state index contributed by atoms with van der Waals surface area (Å²) in [5.41, 5.74) is 4.66. The van der Waals surface area contributed by atoms with Crippen molar-refractivity contribution in [1.82, 2.24) is 0 Å². The van der Waals surface area contributed by atoms with E-state index in [1.54, 1.807) is 0 Å². The van der Waals surface area contributed by atoms with Crippen LogP contribution in [0.25, 0.3) is 0 Å². The Morgan fingerprint density at radius 1 is 1.29 bits per heavy atom. The predicted molar refractivity (Wildman–Crippen MR) is 48.9 cm³/mol. The Bertz CT molecular complexity index is 330. The monoisotopic (exact) mass is 223 g/mol. The summed E-state index contributed by atoms with van der Waals surface area (Å²) in [5.74, 6) is -1.68. The highest BCUT2D eigenvalue weighted by Gasteiger charge is 2.20. The van der Waals surface area contributed by atoms with Crippen LogP contribution in [0.4, 0.5) is 13.2 Å². The molecule has 0 aliphatic rings. The first kappa shape index (κ1) is 11.3. The lowest BCUT2D eigenvalue weighted by Crippen LogP contribution is -2.06. The molecular weight excluding hydrogens is 215 g/mol. The lowest BCUT2D eigenvalue weighted by Gasteiger charge is -2.10. The maximum Gasteiger partial charge on any atom is 0.142 e. The fraction of sp³-hybridized carbons (Fsp3) is 0.333. The Morgan fingerprint density at radius 2 is 1.86 bits per heavy atom. The van der Waals surface area contributed by atoms with Gasteiger partial charge in [-0.2, -0.15) is 0 Å². The third-order valence-corrected chi connectivity index (χ3v) is 2.20. The minimum absolute atomic E-state index is 0.0491. The molecule has 0 spiro atoms. The molecule has 1 unspecified atom stereocenters. The molecule has 0 amide bonds. The molecule has 1 nitrogen and oxygen atoms in total. The van der Waals surface area contributed by atoms with Gasteiger partial charge in [0.25, 0.3) is 0 Å². The zero-order valence-corrected chi connectivity index (χ0v) is 7.99. The van der Waals surface area contributed by atoms with Crippen molar-refractivity contribution >= 4 is 11.6 Å². The van der Waals surface area contributed by atoms with Gasteiger partial charge >= 0.3 is 0 Å². The molecule has 0 heterocycles. The van der Waals surface area contributed by atoms with Gasteiger partial charge in [0.1, 0.15) is 17.8 Å². The molecule has 0 saturated carbocycles. The minimum atomic E-state index is -1.66. The summed E-state index contributed by atoms with van der Waals surface area (Å²) in [6.45, 7) is 0.0491. The van der Waals surface area contributed by atoms with E-state index in [9.17, 15) is 13.2 Å². The first-order chi connectivity index (χ1) is 6.57. The largest absolute Gasteiger partial charge is 0.330 e. The second kappa shape index (κ2) is 4.66. The molecule has 0 aliphatic carbocycles. The van der Waals surface area contributed by atoms with Crippen LogP contribution in [0, 0.1) is 11.6 Å². The maximum atomic E-state index is 13.3. The van der Waals surface area contributed by atoms with Crippen LogP contribution in [0.3, 0.4) is 0 Å². The minimum Gasteiger partial charge on any atom is -0.330 e. The Labute approximate surface area is 84.7 Å². The number of alkyl halides is 1. The average molecular weight is 224 g/mol. The van der Waals surface area contributed by atoms with Gasteiger partial charge in [0.15, 0.2) is 0 Å². The Balaban J connectivity index is 3.11. The molecule has 0 fully saturated rings. The zero-order chi connectivity index (χ0) is 10.7. The van der Waals surface area contributed by atoms with Gasteiger partial charge < -0.3 is 5.73 Å². The van der Waals surface area contributed by atoms with Gasteiger partial charge in [0.2, 0.25) is 0 Å². The third-order valence-electron chi connectivity index (χ3n) is 1.81. The van der Waals surface area contributed by atoms with Crippen LogP contribution in [0.1, 0.15) is 18.2 Å². The molecule has 0 aromatic heterocycles. The standard InChI is InChI=1S/C9H9ClF3N/c10-9-7(13)2-1-5(11)8(9)6(12)3-4-14/h1-2,6H,3-4,14H2. The first-order valence-corrected chi connectivity index (χ1v) is 4.43. The number of halogens is 4. The molecule has 0 bridgehead atoms. The van der Waals surface area contributed by atoms with Crippen LogP contribution >= 0.6 is 11.6 Å². The molecule has 0 radical (unpaired) electrons. The summed E-state index contributed by atoms with van der Waals surface area (Å²) < 4.78 is 39.2. The molecule has 1 aromatic rings. The highest BCUT2D eigenvalue weighted by atomic mass is 35.5. The van der Waals surface area contributed by atoms with Gasteiger partial charge in [-0.1, -0.05) is 11.6 Å². The lowest BCUT2D eigenvalue weighted by molar-refractivity contribution is 0.316. The van der Waals surface area contributed by atoms with E-state index in [2.05, 4.69) is 0 Å². The maximum absolute atomic E-state index is 13.3. The third kappa shape index (κ3) is 2.19. The van der Waals surface area contributed by atoms with Gasteiger partial charge in [-0.3, -0.25) is 0 Å². The van der Waals surface area contributed by atoms with E-state index in [4.69, 9.17) is 17.3 Å². The van der Waals surface area contributed by atoms with Crippen molar-refractivity contribution in [3.05, 3.63) is 34.4 Å². The molecule has 1 aromatic carbocycles. The average Bonchev–Trinajstić information content (AvgIpc) is 2.13. The van der Waals surface area contributed by atoms with Crippen molar-refractivity contribution in [1.29, 1.82) is 0 Å². The van der Waals surface area contributed by atoms with Gasteiger partial charge in [0.05, 0.1) is 5.02 Å². The van der Waals surface area contributed by atoms with E-state index in [0.29, 0.717) is 0 Å². The van der Waals surface area contributed by atoms with E-state index in [-0.39, 0.29) is 13.0 Å². The van der Waals surface area contributed by atoms with Crippen LogP contribution < -0.4 is 5.73 Å². The van der Waals surface area contributed by atoms with Crippen molar-refractivity contribution in [3.63, 3.8) is 0 Å². The van der Waals surface area contributed by atoms with Crippen LogP contribution in [0.5, 0.6) is 0 Å². The first-order valence-electron chi connectivity index (χ1n) is 4.05. The molecule has 0 aliphatic heterocycles. The van der Waals surface area contributed by atoms with E-state index < -0.39 is 28.4 Å². The van der Waals surface area contributed by atoms with Gasteiger partial charge in [0, 0.05) is 5.56 Å². The molecule has 78 valence electrons. The van der Waals surface area contributed by atoms with Crippen LogP contribution in [-0.4, -0.2) is 6.54 Å². The van der Waals surface area contributed by atoms with E-state index >= 15 is 0 Å². The van der Waals surface area contributed by atoms with Crippen LogP contribution in [0.15, 0.2) is 12.1 Å². The predicted octanol–water partition coefficient (Wildman–Crippen LogP) is 2.98. The van der Waals surface area contributed by atoms with Crippen molar-refractivity contribution in [2.45, 2.75) is 12.6 Å². The quantitative estimate of drug-likeness (QED) is 0.784. The molecule has 5 heteroatoms. The molecule has 1 rings (SSSR count). The Hall–Kier alpha value is -0.740. The zero-order valence-electron chi connectivity index (χ0n) is 7.24. The normalized spacial score (nSPS) is 12.9. The topological polar surface area (TPSA) is 26.0 Å². The van der Waals surface area contributed by atoms with E-state index in [0.717, 1.165) is 12.1 Å². The summed E-state index contributed by atoms with van der Waals surface area (Å²) in [6, 6.07) is 1.70. The number of rotatable bonds is 3. The van der Waals surface area contributed by atoms with Crippen LogP contribution in [-0.2, 0) is 0 Å².